The van der Waals surface area contributed by atoms with Crippen molar-refractivity contribution < 1.29 is 4.79 Å². The number of hydrogen-bond donors (Lipinski definition) is 2. The molecule has 2 N–H and O–H groups in total. The minimum Gasteiger partial charge on any atom is -0.356 e. The number of carbonyl (C=O) groups is 1. The second-order valence-electron chi connectivity index (χ2n) is 7.70. The number of likely N-dealkylation sites (tertiary alicyclic amines) is 1. The predicted molar refractivity (Wildman–Crippen MR) is 109 cm³/mol. The number of halogens is 1. The zero-order valence-corrected chi connectivity index (χ0v) is 16.5. The fourth-order valence-electron chi connectivity index (χ4n) is 4.17. The highest BCUT2D eigenvalue weighted by Crippen LogP contribution is 2.25. The van der Waals surface area contributed by atoms with Gasteiger partial charge in [-0.15, -0.1) is 0 Å². The molecular formula is C20H28ClN5O. The lowest BCUT2D eigenvalue weighted by molar-refractivity contribution is -0.125. The molecule has 146 valence electrons. The maximum Gasteiger partial charge on any atom is 0.224 e. The number of amides is 1. The lowest BCUT2D eigenvalue weighted by Gasteiger charge is -2.31. The third kappa shape index (κ3) is 4.55. The molecule has 1 aromatic heterocycles. The first-order valence-electron chi connectivity index (χ1n) is 10.1. The molecule has 6 nitrogen and oxygen atoms in total. The van der Waals surface area contributed by atoms with Gasteiger partial charge in [-0.1, -0.05) is 11.6 Å². The van der Waals surface area contributed by atoms with Crippen LogP contribution < -0.4 is 10.2 Å². The Morgan fingerprint density at radius 3 is 2.96 bits per heavy atom. The van der Waals surface area contributed by atoms with Gasteiger partial charge in [-0.2, -0.15) is 0 Å². The number of nitrogens with one attached hydrogen (secondary N) is 2. The van der Waals surface area contributed by atoms with Gasteiger partial charge in [0, 0.05) is 24.7 Å². The number of H-pyrrole nitrogens is 1. The van der Waals surface area contributed by atoms with E-state index < -0.39 is 0 Å². The minimum absolute atomic E-state index is 0.0299. The monoisotopic (exact) mass is 389 g/mol. The number of aromatic amines is 1. The van der Waals surface area contributed by atoms with Crippen molar-refractivity contribution in [2.75, 3.05) is 44.2 Å². The van der Waals surface area contributed by atoms with Crippen LogP contribution in [0.25, 0.3) is 11.0 Å². The molecule has 0 aliphatic carbocycles. The van der Waals surface area contributed by atoms with Gasteiger partial charge < -0.3 is 20.1 Å². The molecule has 1 amide bonds. The van der Waals surface area contributed by atoms with Gasteiger partial charge in [0.2, 0.25) is 11.9 Å². The molecule has 7 heteroatoms. The molecule has 2 fully saturated rings. The van der Waals surface area contributed by atoms with E-state index in [9.17, 15) is 4.79 Å². The number of hydrogen-bond acceptors (Lipinski definition) is 4. The Balaban J connectivity index is 1.29. The van der Waals surface area contributed by atoms with Gasteiger partial charge in [-0.05, 0) is 69.9 Å². The molecule has 2 aliphatic rings. The van der Waals surface area contributed by atoms with Gasteiger partial charge in [-0.25, -0.2) is 4.98 Å². The van der Waals surface area contributed by atoms with Crippen LogP contribution in [0.15, 0.2) is 18.2 Å². The number of nitrogens with zero attached hydrogens (tertiary/aromatic N) is 3. The summed E-state index contributed by atoms with van der Waals surface area (Å²) in [4.78, 5) is 25.3. The van der Waals surface area contributed by atoms with Crippen LogP contribution in [-0.4, -0.2) is 60.0 Å². The van der Waals surface area contributed by atoms with Crippen molar-refractivity contribution in [3.63, 3.8) is 0 Å². The second-order valence-corrected chi connectivity index (χ2v) is 8.14. The number of rotatable bonds is 6. The van der Waals surface area contributed by atoms with Crippen LogP contribution in [0.2, 0.25) is 5.02 Å². The Labute approximate surface area is 165 Å². The number of benzene rings is 1. The Kier molecular flexibility index (Phi) is 5.83. The molecule has 2 aliphatic heterocycles. The number of imidazole rings is 1. The summed E-state index contributed by atoms with van der Waals surface area (Å²) in [6.45, 7) is 5.94. The molecule has 1 atom stereocenters. The number of piperidine rings is 1. The Morgan fingerprint density at radius 2 is 2.11 bits per heavy atom. The Hall–Kier alpha value is -1.79. The smallest absolute Gasteiger partial charge is 0.224 e. The summed E-state index contributed by atoms with van der Waals surface area (Å²) >= 11 is 6.06. The average Bonchev–Trinajstić information content (AvgIpc) is 3.34. The molecule has 0 bridgehead atoms. The first kappa shape index (κ1) is 18.6. The summed E-state index contributed by atoms with van der Waals surface area (Å²) < 4.78 is 0. The van der Waals surface area contributed by atoms with Crippen molar-refractivity contribution in [2.45, 2.75) is 32.1 Å². The summed E-state index contributed by atoms with van der Waals surface area (Å²) in [6.07, 6.45) is 5.62. The van der Waals surface area contributed by atoms with E-state index in [0.29, 0.717) is 11.6 Å². The first-order valence-corrected chi connectivity index (χ1v) is 10.5. The van der Waals surface area contributed by atoms with E-state index in [1.807, 2.05) is 18.2 Å². The van der Waals surface area contributed by atoms with Gasteiger partial charge in [0.25, 0.3) is 0 Å². The highest BCUT2D eigenvalue weighted by Gasteiger charge is 2.27. The molecule has 0 radical (unpaired) electrons. The molecule has 27 heavy (non-hydrogen) atoms. The van der Waals surface area contributed by atoms with Gasteiger partial charge in [0.05, 0.1) is 17.0 Å². The standard InChI is InChI=1S/C20H28ClN5O/c21-16-6-7-17-18(13-16)24-20(23-17)26-12-3-5-15(14-26)19(27)22-8-4-11-25-9-1-2-10-25/h6-7,13,15H,1-5,8-12,14H2,(H,22,27)(H,23,24). The molecule has 1 aromatic carbocycles. The van der Waals surface area contributed by atoms with Crippen LogP contribution in [0.1, 0.15) is 32.1 Å². The molecule has 4 rings (SSSR count). The van der Waals surface area contributed by atoms with Crippen molar-refractivity contribution in [2.24, 2.45) is 5.92 Å². The summed E-state index contributed by atoms with van der Waals surface area (Å²) in [5.41, 5.74) is 1.84. The lowest BCUT2D eigenvalue weighted by atomic mass is 9.97. The van der Waals surface area contributed by atoms with Crippen LogP contribution in [0.4, 0.5) is 5.95 Å². The first-order chi connectivity index (χ1) is 13.2. The van der Waals surface area contributed by atoms with Crippen LogP contribution in [0.3, 0.4) is 0 Å². The number of fused-ring (bicyclic) bond motifs is 1. The van der Waals surface area contributed by atoms with Gasteiger partial charge in [0.1, 0.15) is 0 Å². The molecular weight excluding hydrogens is 362 g/mol. The van der Waals surface area contributed by atoms with Crippen molar-refractivity contribution in [3.05, 3.63) is 23.2 Å². The molecule has 2 aromatic rings. The van der Waals surface area contributed by atoms with Crippen LogP contribution in [0, 0.1) is 5.92 Å². The number of anilines is 1. The van der Waals surface area contributed by atoms with E-state index in [-0.39, 0.29) is 11.8 Å². The highest BCUT2D eigenvalue weighted by atomic mass is 35.5. The van der Waals surface area contributed by atoms with Crippen LogP contribution in [0.5, 0.6) is 0 Å². The second kappa shape index (κ2) is 8.48. The summed E-state index contributed by atoms with van der Waals surface area (Å²) in [7, 11) is 0. The summed E-state index contributed by atoms with van der Waals surface area (Å²) in [5.74, 6) is 1.04. The number of aromatic nitrogens is 2. The lowest BCUT2D eigenvalue weighted by Crippen LogP contribution is -2.44. The van der Waals surface area contributed by atoms with Gasteiger partial charge in [-0.3, -0.25) is 4.79 Å². The third-order valence-electron chi connectivity index (χ3n) is 5.67. The van der Waals surface area contributed by atoms with Crippen molar-refractivity contribution >= 4 is 34.5 Å². The van der Waals surface area contributed by atoms with Crippen molar-refractivity contribution in [1.29, 1.82) is 0 Å². The zero-order valence-electron chi connectivity index (χ0n) is 15.7. The average molecular weight is 390 g/mol. The maximum atomic E-state index is 12.6. The predicted octanol–water partition coefficient (Wildman–Crippen LogP) is 3.03. The highest BCUT2D eigenvalue weighted by molar-refractivity contribution is 6.31. The third-order valence-corrected chi connectivity index (χ3v) is 5.91. The van der Waals surface area contributed by atoms with Crippen molar-refractivity contribution in [1.82, 2.24) is 20.2 Å². The molecule has 1 unspecified atom stereocenters. The topological polar surface area (TPSA) is 64.3 Å². The SMILES string of the molecule is O=C(NCCCN1CCCC1)C1CCCN(c2nc3ccc(Cl)cc3[nH]2)C1. The maximum absolute atomic E-state index is 12.6. The van der Waals surface area contributed by atoms with Crippen LogP contribution >= 0.6 is 11.6 Å². The normalized spacial score (nSPS) is 21.1. The molecule has 3 heterocycles. The number of carbonyl (C=O) groups excluding carboxylic acids is 1. The van der Waals surface area contributed by atoms with Crippen LogP contribution in [-0.2, 0) is 4.79 Å². The fraction of sp³-hybridized carbons (Fsp3) is 0.600. The van der Waals surface area contributed by atoms with E-state index in [1.165, 1.54) is 25.9 Å². The summed E-state index contributed by atoms with van der Waals surface area (Å²) in [5, 5.41) is 3.84. The van der Waals surface area contributed by atoms with E-state index in [0.717, 1.165) is 55.9 Å². The Bertz CT molecular complexity index is 786. The minimum atomic E-state index is 0.0299. The van der Waals surface area contributed by atoms with E-state index in [1.54, 1.807) is 0 Å². The quantitative estimate of drug-likeness (QED) is 0.745. The Morgan fingerprint density at radius 1 is 1.26 bits per heavy atom. The van der Waals surface area contributed by atoms with Gasteiger partial charge >= 0.3 is 0 Å². The zero-order chi connectivity index (χ0) is 18.6. The fourth-order valence-corrected chi connectivity index (χ4v) is 4.34. The largest absolute Gasteiger partial charge is 0.356 e. The molecule has 0 saturated carbocycles. The summed E-state index contributed by atoms with van der Waals surface area (Å²) in [6, 6.07) is 5.66. The van der Waals surface area contributed by atoms with E-state index >= 15 is 0 Å². The van der Waals surface area contributed by atoms with E-state index in [4.69, 9.17) is 11.6 Å². The molecule has 0 spiro atoms. The van der Waals surface area contributed by atoms with Crippen molar-refractivity contribution in [3.8, 4) is 0 Å². The molecule has 2 saturated heterocycles. The van der Waals surface area contributed by atoms with Gasteiger partial charge in [0.15, 0.2) is 0 Å². The van der Waals surface area contributed by atoms with E-state index in [2.05, 4.69) is 25.1 Å².